The minimum atomic E-state index is 0. The molecule has 0 spiro atoms. The summed E-state index contributed by atoms with van der Waals surface area (Å²) in [6.45, 7) is 2.03. The van der Waals surface area contributed by atoms with Crippen molar-refractivity contribution >= 4 is 29.0 Å². The van der Waals surface area contributed by atoms with E-state index < -0.39 is 0 Å². The van der Waals surface area contributed by atoms with Gasteiger partial charge in [-0.25, -0.2) is 0 Å². The number of thiocarbonyl (C=S) groups is 1. The molecule has 1 nitrogen and oxygen atoms in total. The number of rotatable bonds is 1. The molecule has 0 aromatic heterocycles. The molecule has 0 radical (unpaired) electrons. The summed E-state index contributed by atoms with van der Waals surface area (Å²) in [7, 11) is 0. The van der Waals surface area contributed by atoms with Crippen LogP contribution in [0.1, 0.15) is 12.6 Å². The minimum absolute atomic E-state index is 0. The van der Waals surface area contributed by atoms with Gasteiger partial charge in [0.15, 0.2) is 0 Å². The van der Waals surface area contributed by atoms with Crippen molar-refractivity contribution in [3.63, 3.8) is 0 Å². The zero-order valence-corrected chi connectivity index (χ0v) is 10.7. The SMILES string of the molecule is Cc1ccc(C(=S)NCl)cc1.[H-].[Na+]. The van der Waals surface area contributed by atoms with Crippen LogP contribution in [0.4, 0.5) is 0 Å². The van der Waals surface area contributed by atoms with Gasteiger partial charge in [-0.15, -0.1) is 0 Å². The molecule has 0 aliphatic rings. The average Bonchev–Trinajstić information content (AvgIpc) is 2.05. The topological polar surface area (TPSA) is 12.0 Å². The van der Waals surface area contributed by atoms with Crippen LogP contribution in [-0.2, 0) is 0 Å². The molecule has 1 aromatic carbocycles. The average molecular weight is 210 g/mol. The largest absolute Gasteiger partial charge is 1.00 e. The molecule has 60 valence electrons. The first kappa shape index (κ1) is 12.4. The molecule has 0 saturated carbocycles. The quantitative estimate of drug-likeness (QED) is 0.382. The molecular weight excluding hydrogens is 201 g/mol. The molecule has 1 rings (SSSR count). The standard InChI is InChI=1S/C8H8ClNS.Na.H/c1-6-2-4-7(5-3-6)8(11)10-9;;/h2-5H,1H3,(H,10,11);;/q;+1;-1. The van der Waals surface area contributed by atoms with Crippen LogP contribution in [-0.4, -0.2) is 4.99 Å². The summed E-state index contributed by atoms with van der Waals surface area (Å²) in [5.74, 6) is 0. The predicted molar refractivity (Wildman–Crippen MR) is 53.0 cm³/mol. The molecule has 1 N–H and O–H groups in total. The maximum absolute atomic E-state index is 5.34. The predicted octanol–water partition coefficient (Wildman–Crippen LogP) is -0.470. The number of halogens is 1. The number of benzene rings is 1. The molecule has 0 aliphatic carbocycles. The van der Waals surface area contributed by atoms with Crippen molar-refractivity contribution in [2.75, 3.05) is 0 Å². The summed E-state index contributed by atoms with van der Waals surface area (Å²) in [5, 5.41) is 0. The van der Waals surface area contributed by atoms with Crippen molar-refractivity contribution in [2.45, 2.75) is 6.92 Å². The molecule has 0 atom stereocenters. The van der Waals surface area contributed by atoms with Gasteiger partial charge in [0.1, 0.15) is 4.99 Å². The second-order valence-electron chi connectivity index (χ2n) is 2.29. The summed E-state index contributed by atoms with van der Waals surface area (Å²) in [6, 6.07) is 7.87. The Labute approximate surface area is 106 Å². The zero-order valence-electron chi connectivity index (χ0n) is 8.10. The van der Waals surface area contributed by atoms with Crippen molar-refractivity contribution in [1.29, 1.82) is 0 Å². The van der Waals surface area contributed by atoms with Crippen LogP contribution in [0.15, 0.2) is 24.3 Å². The van der Waals surface area contributed by atoms with E-state index in [4.69, 9.17) is 24.0 Å². The Morgan fingerprint density at radius 1 is 1.42 bits per heavy atom. The van der Waals surface area contributed by atoms with Gasteiger partial charge >= 0.3 is 29.6 Å². The molecule has 0 heterocycles. The number of hydrogen-bond donors (Lipinski definition) is 1. The van der Waals surface area contributed by atoms with Crippen LogP contribution in [0.3, 0.4) is 0 Å². The fourth-order valence-electron chi connectivity index (χ4n) is 0.759. The molecule has 0 saturated heterocycles. The third-order valence-corrected chi connectivity index (χ3v) is 2.04. The fraction of sp³-hybridized carbons (Fsp3) is 0.125. The minimum Gasteiger partial charge on any atom is -1.00 e. The molecule has 1 aromatic rings. The van der Waals surface area contributed by atoms with Gasteiger partial charge in [0.25, 0.3) is 0 Å². The van der Waals surface area contributed by atoms with E-state index >= 15 is 0 Å². The fourth-order valence-corrected chi connectivity index (χ4v) is 1.00. The molecule has 0 bridgehead atoms. The van der Waals surface area contributed by atoms with Crippen molar-refractivity contribution in [1.82, 2.24) is 4.84 Å². The van der Waals surface area contributed by atoms with E-state index in [2.05, 4.69) is 4.84 Å². The van der Waals surface area contributed by atoms with Gasteiger partial charge in [-0.1, -0.05) is 42.0 Å². The van der Waals surface area contributed by atoms with E-state index in [-0.39, 0.29) is 31.0 Å². The molecule has 0 aliphatic heterocycles. The summed E-state index contributed by atoms with van der Waals surface area (Å²) >= 11 is 10.3. The van der Waals surface area contributed by atoms with E-state index in [9.17, 15) is 0 Å². The summed E-state index contributed by atoms with van der Waals surface area (Å²) < 4.78 is 0. The summed E-state index contributed by atoms with van der Waals surface area (Å²) in [5.41, 5.74) is 2.16. The van der Waals surface area contributed by atoms with Crippen molar-refractivity contribution < 1.29 is 31.0 Å². The summed E-state index contributed by atoms with van der Waals surface area (Å²) in [4.78, 5) is 2.97. The van der Waals surface area contributed by atoms with Gasteiger partial charge in [-0.05, 0) is 6.92 Å². The maximum Gasteiger partial charge on any atom is 1.00 e. The molecule has 0 fully saturated rings. The monoisotopic (exact) mass is 209 g/mol. The van der Waals surface area contributed by atoms with Gasteiger partial charge < -0.3 is 1.43 Å². The Balaban J connectivity index is 0. The third-order valence-electron chi connectivity index (χ3n) is 1.40. The Bertz CT molecular complexity index is 265. The first-order valence-corrected chi connectivity index (χ1v) is 4.00. The van der Waals surface area contributed by atoms with Crippen LogP contribution < -0.4 is 34.4 Å². The van der Waals surface area contributed by atoms with Gasteiger partial charge in [-0.3, -0.25) is 4.84 Å². The second kappa shape index (κ2) is 5.95. The van der Waals surface area contributed by atoms with E-state index in [1.807, 2.05) is 31.2 Å². The Morgan fingerprint density at radius 3 is 2.33 bits per heavy atom. The smallest absolute Gasteiger partial charge is 1.00 e. The Kier molecular flexibility index (Phi) is 6.14. The van der Waals surface area contributed by atoms with Crippen LogP contribution in [0.25, 0.3) is 0 Å². The molecular formula is C8H9ClNNaS. The van der Waals surface area contributed by atoms with Gasteiger partial charge in [0, 0.05) is 17.3 Å². The molecule has 0 unspecified atom stereocenters. The second-order valence-corrected chi connectivity index (χ2v) is 2.89. The van der Waals surface area contributed by atoms with Crippen molar-refractivity contribution in [2.24, 2.45) is 0 Å². The van der Waals surface area contributed by atoms with Gasteiger partial charge in [-0.2, -0.15) is 0 Å². The van der Waals surface area contributed by atoms with Crippen molar-refractivity contribution in [3.05, 3.63) is 35.4 Å². The van der Waals surface area contributed by atoms with Crippen molar-refractivity contribution in [3.8, 4) is 0 Å². The molecule has 4 heteroatoms. The normalized spacial score (nSPS) is 8.50. The van der Waals surface area contributed by atoms with Gasteiger partial charge in [0.05, 0.1) is 0 Å². The number of nitrogens with one attached hydrogen (secondary N) is 1. The number of hydrogen-bond acceptors (Lipinski definition) is 1. The molecule has 12 heavy (non-hydrogen) atoms. The Morgan fingerprint density at radius 2 is 1.92 bits per heavy atom. The first-order chi connectivity index (χ1) is 5.24. The Hall–Kier alpha value is 0.400. The van der Waals surface area contributed by atoms with Crippen LogP contribution >= 0.6 is 24.0 Å². The third kappa shape index (κ3) is 3.42. The van der Waals surface area contributed by atoms with Crippen LogP contribution in [0.5, 0.6) is 0 Å². The zero-order chi connectivity index (χ0) is 8.27. The summed E-state index contributed by atoms with van der Waals surface area (Å²) in [6.07, 6.45) is 0. The van der Waals surface area contributed by atoms with E-state index in [0.29, 0.717) is 4.99 Å². The van der Waals surface area contributed by atoms with Gasteiger partial charge in [0.2, 0.25) is 0 Å². The molecule has 0 amide bonds. The van der Waals surface area contributed by atoms with E-state index in [1.165, 1.54) is 5.56 Å². The van der Waals surface area contributed by atoms with Crippen LogP contribution in [0, 0.1) is 6.92 Å². The van der Waals surface area contributed by atoms with Crippen LogP contribution in [0.2, 0.25) is 0 Å². The first-order valence-electron chi connectivity index (χ1n) is 3.21. The van der Waals surface area contributed by atoms with E-state index in [0.717, 1.165) is 5.56 Å². The maximum atomic E-state index is 5.34. The van der Waals surface area contributed by atoms with E-state index in [1.54, 1.807) is 0 Å². The number of aryl methyl sites for hydroxylation is 1.